The number of ether oxygens (including phenoxy) is 1. The maximum absolute atomic E-state index is 12.2. The second kappa shape index (κ2) is 8.47. The van der Waals surface area contributed by atoms with Crippen molar-refractivity contribution in [1.82, 2.24) is 0 Å². The maximum atomic E-state index is 12.2. The van der Waals surface area contributed by atoms with Gasteiger partial charge in [0.2, 0.25) is 0 Å². The highest BCUT2D eigenvalue weighted by atomic mass is 28.4. The van der Waals surface area contributed by atoms with Gasteiger partial charge in [0.05, 0.1) is 12.4 Å². The summed E-state index contributed by atoms with van der Waals surface area (Å²) in [4.78, 5) is 12.2. The number of hydrogen-bond donors (Lipinski definition) is 0. The summed E-state index contributed by atoms with van der Waals surface area (Å²) in [5, 5.41) is 0.249. The number of carbonyl (C=O) groups is 1. The van der Waals surface area contributed by atoms with E-state index in [2.05, 4.69) is 47.7 Å². The molecule has 0 amide bonds. The summed E-state index contributed by atoms with van der Waals surface area (Å²) in [7, 11) is -1.66. The van der Waals surface area contributed by atoms with Crippen LogP contribution in [0.25, 0.3) is 0 Å². The van der Waals surface area contributed by atoms with Gasteiger partial charge in [-0.2, -0.15) is 0 Å². The van der Waals surface area contributed by atoms with E-state index in [1.165, 1.54) is 0 Å². The molecule has 1 aliphatic rings. The van der Waals surface area contributed by atoms with Crippen molar-refractivity contribution in [3.05, 3.63) is 11.8 Å². The van der Waals surface area contributed by atoms with Crippen molar-refractivity contribution in [2.45, 2.75) is 78.4 Å². The summed E-state index contributed by atoms with van der Waals surface area (Å²) < 4.78 is 11.9. The summed E-state index contributed by atoms with van der Waals surface area (Å²) in [6.07, 6.45) is 5.45. The highest BCUT2D eigenvalue weighted by molar-refractivity contribution is 6.74. The Morgan fingerprint density at radius 2 is 1.96 bits per heavy atom. The predicted molar refractivity (Wildman–Crippen MR) is 99.0 cm³/mol. The number of allylic oxidation sites excluding steroid dienone is 2. The van der Waals surface area contributed by atoms with Crippen LogP contribution in [0.4, 0.5) is 0 Å². The fourth-order valence-corrected chi connectivity index (χ4v) is 3.44. The fourth-order valence-electron chi connectivity index (χ4n) is 2.36. The molecule has 0 heterocycles. The molecule has 0 radical (unpaired) electrons. The van der Waals surface area contributed by atoms with Crippen LogP contribution in [-0.4, -0.2) is 27.3 Å². The van der Waals surface area contributed by atoms with Gasteiger partial charge in [-0.25, -0.2) is 0 Å². The zero-order valence-electron chi connectivity index (χ0n) is 16.2. The third kappa shape index (κ3) is 6.80. The lowest BCUT2D eigenvalue weighted by Crippen LogP contribution is -2.41. The van der Waals surface area contributed by atoms with E-state index in [0.717, 1.165) is 38.0 Å². The Hall–Kier alpha value is -0.613. The smallest absolute Gasteiger partial charge is 0.191 e. The van der Waals surface area contributed by atoms with E-state index in [4.69, 9.17) is 9.16 Å². The molecular formula is C19H36O3Si. The predicted octanol–water partition coefficient (Wildman–Crippen LogP) is 5.32. The van der Waals surface area contributed by atoms with E-state index in [1.807, 2.05) is 0 Å². The van der Waals surface area contributed by atoms with Crippen LogP contribution in [0.5, 0.6) is 0 Å². The number of rotatable bonds is 8. The Balaban J connectivity index is 2.34. The van der Waals surface area contributed by atoms with Gasteiger partial charge in [0, 0.05) is 25.0 Å². The van der Waals surface area contributed by atoms with Crippen LogP contribution in [-0.2, 0) is 14.0 Å². The lowest BCUT2D eigenvalue weighted by atomic mass is 9.88. The topological polar surface area (TPSA) is 35.5 Å². The molecule has 4 heteroatoms. The minimum Gasteiger partial charge on any atom is -0.498 e. The van der Waals surface area contributed by atoms with Crippen LogP contribution in [0.15, 0.2) is 11.8 Å². The molecule has 0 aliphatic heterocycles. The zero-order chi connectivity index (χ0) is 17.7. The molecule has 0 aromatic rings. The monoisotopic (exact) mass is 340 g/mol. The standard InChI is InChI=1S/C19H36O3Si/c1-15(2)14-21-17-11-10-16(18(20)13-17)9-8-12-22-23(6,7)19(3,4)5/h13,15-16H,8-12,14H2,1-7H3. The summed E-state index contributed by atoms with van der Waals surface area (Å²) in [5.41, 5.74) is 0. The van der Waals surface area contributed by atoms with E-state index >= 15 is 0 Å². The average molecular weight is 341 g/mol. The number of ketones is 1. The van der Waals surface area contributed by atoms with Gasteiger partial charge in [-0.05, 0) is 43.3 Å². The zero-order valence-corrected chi connectivity index (χ0v) is 17.2. The van der Waals surface area contributed by atoms with Gasteiger partial charge < -0.3 is 9.16 Å². The normalized spacial score (nSPS) is 19.9. The van der Waals surface area contributed by atoms with Crippen molar-refractivity contribution in [3.63, 3.8) is 0 Å². The van der Waals surface area contributed by atoms with E-state index in [-0.39, 0.29) is 16.7 Å². The van der Waals surface area contributed by atoms with Crippen LogP contribution >= 0.6 is 0 Å². The third-order valence-corrected chi connectivity index (χ3v) is 9.55. The molecule has 0 aromatic heterocycles. The average Bonchev–Trinajstić information content (AvgIpc) is 2.41. The molecule has 0 saturated heterocycles. The van der Waals surface area contributed by atoms with Gasteiger partial charge in [0.1, 0.15) is 0 Å². The molecule has 3 nitrogen and oxygen atoms in total. The van der Waals surface area contributed by atoms with E-state index in [9.17, 15) is 4.79 Å². The van der Waals surface area contributed by atoms with Gasteiger partial charge in [-0.1, -0.05) is 34.6 Å². The third-order valence-electron chi connectivity index (χ3n) is 5.01. The highest BCUT2D eigenvalue weighted by Crippen LogP contribution is 2.36. The first kappa shape index (κ1) is 20.4. The molecule has 1 aliphatic carbocycles. The van der Waals surface area contributed by atoms with E-state index < -0.39 is 8.32 Å². The summed E-state index contributed by atoms with van der Waals surface area (Å²) in [6, 6.07) is 0. The van der Waals surface area contributed by atoms with Crippen LogP contribution < -0.4 is 0 Å². The Morgan fingerprint density at radius 1 is 1.30 bits per heavy atom. The van der Waals surface area contributed by atoms with Crippen molar-refractivity contribution < 1.29 is 14.0 Å². The molecule has 0 saturated carbocycles. The SMILES string of the molecule is CC(C)COC1=CC(=O)C(CCCO[Si](C)(C)C(C)(C)C)CC1. The summed E-state index contributed by atoms with van der Waals surface area (Å²) in [6.45, 7) is 17.0. The number of hydrogen-bond acceptors (Lipinski definition) is 3. The molecule has 1 unspecified atom stereocenters. The lowest BCUT2D eigenvalue weighted by molar-refractivity contribution is -0.119. The second-order valence-corrected chi connectivity index (χ2v) is 13.5. The fraction of sp³-hybridized carbons (Fsp3) is 0.842. The molecule has 23 heavy (non-hydrogen) atoms. The van der Waals surface area contributed by atoms with Crippen molar-refractivity contribution in [3.8, 4) is 0 Å². The first-order chi connectivity index (χ1) is 10.5. The largest absolute Gasteiger partial charge is 0.498 e. The minimum atomic E-state index is -1.66. The van der Waals surface area contributed by atoms with Crippen LogP contribution in [0.3, 0.4) is 0 Å². The molecule has 1 atom stereocenters. The van der Waals surface area contributed by atoms with Gasteiger partial charge in [-0.3, -0.25) is 4.79 Å². The van der Waals surface area contributed by atoms with Crippen molar-refractivity contribution in [1.29, 1.82) is 0 Å². The minimum absolute atomic E-state index is 0.157. The Bertz CT molecular complexity index is 419. The molecule has 0 bridgehead atoms. The van der Waals surface area contributed by atoms with Crippen molar-refractivity contribution >= 4 is 14.1 Å². The molecule has 0 spiro atoms. The summed E-state index contributed by atoms with van der Waals surface area (Å²) >= 11 is 0. The van der Waals surface area contributed by atoms with E-state index in [1.54, 1.807) is 6.08 Å². The van der Waals surface area contributed by atoms with E-state index in [0.29, 0.717) is 12.5 Å². The molecular weight excluding hydrogens is 304 g/mol. The Morgan fingerprint density at radius 3 is 2.48 bits per heavy atom. The lowest BCUT2D eigenvalue weighted by Gasteiger charge is -2.36. The van der Waals surface area contributed by atoms with Crippen molar-refractivity contribution in [2.24, 2.45) is 11.8 Å². The molecule has 134 valence electrons. The van der Waals surface area contributed by atoms with Gasteiger partial charge in [-0.15, -0.1) is 0 Å². The maximum Gasteiger partial charge on any atom is 0.191 e. The highest BCUT2D eigenvalue weighted by Gasteiger charge is 2.36. The first-order valence-corrected chi connectivity index (χ1v) is 11.9. The summed E-state index contributed by atoms with van der Waals surface area (Å²) in [5.74, 6) is 1.76. The van der Waals surface area contributed by atoms with Gasteiger partial charge in [0.25, 0.3) is 0 Å². The van der Waals surface area contributed by atoms with Crippen LogP contribution in [0.1, 0.15) is 60.3 Å². The van der Waals surface area contributed by atoms with Crippen LogP contribution in [0.2, 0.25) is 18.1 Å². The molecule has 1 rings (SSSR count). The van der Waals surface area contributed by atoms with Crippen LogP contribution in [0, 0.1) is 11.8 Å². The molecule has 0 aromatic carbocycles. The first-order valence-electron chi connectivity index (χ1n) is 9.04. The molecule has 0 N–H and O–H groups in total. The molecule has 0 fully saturated rings. The van der Waals surface area contributed by atoms with Crippen molar-refractivity contribution in [2.75, 3.05) is 13.2 Å². The Kier molecular flexibility index (Phi) is 7.53. The van der Waals surface area contributed by atoms with Gasteiger partial charge in [0.15, 0.2) is 14.1 Å². The quantitative estimate of drug-likeness (QED) is 0.443. The second-order valence-electron chi connectivity index (χ2n) is 8.70. The Labute approximate surface area is 144 Å². The number of carbonyl (C=O) groups excluding carboxylic acids is 1. The van der Waals surface area contributed by atoms with Gasteiger partial charge >= 0.3 is 0 Å².